The highest BCUT2D eigenvalue weighted by molar-refractivity contribution is 6.36. The number of furan rings is 1. The monoisotopic (exact) mass is 365 g/mol. The Balaban J connectivity index is 1.79. The molecule has 23 heavy (non-hydrogen) atoms. The highest BCUT2D eigenvalue weighted by Crippen LogP contribution is 2.27. The van der Waals surface area contributed by atoms with Crippen LogP contribution in [0.15, 0.2) is 59.0 Å². The predicted molar refractivity (Wildman–Crippen MR) is 93.6 cm³/mol. The Morgan fingerprint density at radius 2 is 1.57 bits per heavy atom. The van der Waals surface area contributed by atoms with Crippen molar-refractivity contribution in [3.05, 3.63) is 75.4 Å². The van der Waals surface area contributed by atoms with E-state index in [2.05, 4.69) is 5.32 Å². The van der Waals surface area contributed by atoms with Gasteiger partial charge in [0.2, 0.25) is 0 Å². The molecule has 1 aromatic heterocycles. The zero-order chi connectivity index (χ0) is 16.4. The molecule has 0 unspecified atom stereocenters. The molecule has 0 bridgehead atoms. The second kappa shape index (κ2) is 6.67. The van der Waals surface area contributed by atoms with Crippen molar-refractivity contribution in [3.8, 4) is 11.3 Å². The quantitative estimate of drug-likeness (QED) is 0.603. The van der Waals surface area contributed by atoms with Gasteiger partial charge in [0.05, 0.1) is 10.7 Å². The van der Waals surface area contributed by atoms with Gasteiger partial charge in [-0.05, 0) is 54.6 Å². The topological polar surface area (TPSA) is 42.2 Å². The van der Waals surface area contributed by atoms with E-state index in [0.717, 1.165) is 5.56 Å². The molecular formula is C17H10Cl3NO2. The van der Waals surface area contributed by atoms with E-state index in [0.29, 0.717) is 26.5 Å². The minimum Gasteiger partial charge on any atom is -0.451 e. The maximum atomic E-state index is 12.2. The lowest BCUT2D eigenvalue weighted by atomic mass is 10.2. The van der Waals surface area contributed by atoms with Crippen molar-refractivity contribution in [1.29, 1.82) is 0 Å². The van der Waals surface area contributed by atoms with Gasteiger partial charge >= 0.3 is 0 Å². The Kier molecular flexibility index (Phi) is 4.62. The number of hydrogen-bond donors (Lipinski definition) is 1. The summed E-state index contributed by atoms with van der Waals surface area (Å²) in [6.45, 7) is 0. The van der Waals surface area contributed by atoms with Crippen molar-refractivity contribution in [2.24, 2.45) is 0 Å². The van der Waals surface area contributed by atoms with E-state index in [4.69, 9.17) is 39.2 Å². The summed E-state index contributed by atoms with van der Waals surface area (Å²) in [6.07, 6.45) is 0. The third-order valence-corrected chi connectivity index (χ3v) is 3.94. The minimum atomic E-state index is -0.394. The van der Waals surface area contributed by atoms with Crippen molar-refractivity contribution < 1.29 is 9.21 Å². The first-order valence-electron chi connectivity index (χ1n) is 6.65. The Hall–Kier alpha value is -1.94. The molecule has 3 rings (SSSR count). The number of hydrogen-bond acceptors (Lipinski definition) is 2. The molecule has 2 aromatic carbocycles. The van der Waals surface area contributed by atoms with Crippen molar-refractivity contribution in [2.45, 2.75) is 0 Å². The zero-order valence-electron chi connectivity index (χ0n) is 11.6. The molecule has 0 saturated heterocycles. The Labute approximate surface area is 147 Å². The standard InChI is InChI=1S/C17H10Cl3NO2/c18-11-3-1-10(2-4-11)15-7-8-16(23-15)17(22)21-14-6-5-12(19)9-13(14)20/h1-9H,(H,21,22). The second-order valence-corrected chi connectivity index (χ2v) is 6.03. The average Bonchev–Trinajstić information content (AvgIpc) is 3.01. The van der Waals surface area contributed by atoms with Crippen molar-refractivity contribution in [2.75, 3.05) is 5.32 Å². The number of amides is 1. The fourth-order valence-corrected chi connectivity index (χ4v) is 2.59. The second-order valence-electron chi connectivity index (χ2n) is 4.75. The van der Waals surface area contributed by atoms with Gasteiger partial charge in [0, 0.05) is 15.6 Å². The lowest BCUT2D eigenvalue weighted by molar-refractivity contribution is 0.0997. The summed E-state index contributed by atoms with van der Waals surface area (Å²) in [5, 5.41) is 4.17. The van der Waals surface area contributed by atoms with Crippen LogP contribution in [0.2, 0.25) is 15.1 Å². The van der Waals surface area contributed by atoms with Gasteiger partial charge in [-0.2, -0.15) is 0 Å². The molecule has 3 aromatic rings. The van der Waals surface area contributed by atoms with Crippen LogP contribution < -0.4 is 5.32 Å². The van der Waals surface area contributed by atoms with Gasteiger partial charge in [-0.25, -0.2) is 0 Å². The molecule has 3 nitrogen and oxygen atoms in total. The normalized spacial score (nSPS) is 10.6. The van der Waals surface area contributed by atoms with Crippen LogP contribution in [0.3, 0.4) is 0 Å². The maximum absolute atomic E-state index is 12.2. The molecule has 1 amide bonds. The summed E-state index contributed by atoms with van der Waals surface area (Å²) in [7, 11) is 0. The largest absolute Gasteiger partial charge is 0.451 e. The lowest BCUT2D eigenvalue weighted by Crippen LogP contribution is -2.11. The minimum absolute atomic E-state index is 0.181. The summed E-state index contributed by atoms with van der Waals surface area (Å²) < 4.78 is 5.58. The SMILES string of the molecule is O=C(Nc1ccc(Cl)cc1Cl)c1ccc(-c2ccc(Cl)cc2)o1. The summed E-state index contributed by atoms with van der Waals surface area (Å²) >= 11 is 17.7. The molecule has 0 fully saturated rings. The molecular weight excluding hydrogens is 357 g/mol. The van der Waals surface area contributed by atoms with E-state index in [1.165, 1.54) is 0 Å². The number of nitrogens with one attached hydrogen (secondary N) is 1. The first-order valence-corrected chi connectivity index (χ1v) is 7.78. The van der Waals surface area contributed by atoms with Gasteiger partial charge in [-0.15, -0.1) is 0 Å². The van der Waals surface area contributed by atoms with Crippen LogP contribution >= 0.6 is 34.8 Å². The van der Waals surface area contributed by atoms with Gasteiger partial charge < -0.3 is 9.73 Å². The summed E-state index contributed by atoms with van der Waals surface area (Å²) in [5.74, 6) is 0.365. The third kappa shape index (κ3) is 3.70. The molecule has 0 radical (unpaired) electrons. The predicted octanol–water partition coefficient (Wildman–Crippen LogP) is 6.16. The number of anilines is 1. The average molecular weight is 367 g/mol. The van der Waals surface area contributed by atoms with Gasteiger partial charge in [0.25, 0.3) is 5.91 Å². The van der Waals surface area contributed by atoms with Crippen molar-refractivity contribution >= 4 is 46.4 Å². The molecule has 0 saturated carbocycles. The molecule has 0 aliphatic carbocycles. The summed E-state index contributed by atoms with van der Waals surface area (Å²) in [6, 6.07) is 15.3. The van der Waals surface area contributed by atoms with Gasteiger partial charge in [0.15, 0.2) is 5.76 Å². The smallest absolute Gasteiger partial charge is 0.291 e. The molecule has 6 heteroatoms. The fourth-order valence-electron chi connectivity index (χ4n) is 2.00. The first-order chi connectivity index (χ1) is 11.0. The number of rotatable bonds is 3. The van der Waals surface area contributed by atoms with E-state index in [-0.39, 0.29) is 5.76 Å². The Morgan fingerprint density at radius 3 is 2.26 bits per heavy atom. The number of benzene rings is 2. The molecule has 0 spiro atoms. The molecule has 0 aliphatic heterocycles. The number of carbonyl (C=O) groups is 1. The van der Waals surface area contributed by atoms with Crippen LogP contribution in [0.1, 0.15) is 10.6 Å². The summed E-state index contributed by atoms with van der Waals surface area (Å²) in [4.78, 5) is 12.2. The lowest BCUT2D eigenvalue weighted by Gasteiger charge is -2.05. The zero-order valence-corrected chi connectivity index (χ0v) is 13.9. The fraction of sp³-hybridized carbons (Fsp3) is 0. The third-order valence-electron chi connectivity index (χ3n) is 3.14. The van der Waals surface area contributed by atoms with Crippen LogP contribution in [0.25, 0.3) is 11.3 Å². The number of carbonyl (C=O) groups excluding carboxylic acids is 1. The summed E-state index contributed by atoms with van der Waals surface area (Å²) in [5.41, 5.74) is 1.29. The van der Waals surface area contributed by atoms with Crippen LogP contribution in [0, 0.1) is 0 Å². The van der Waals surface area contributed by atoms with Crippen LogP contribution in [-0.4, -0.2) is 5.91 Å². The van der Waals surface area contributed by atoms with E-state index in [1.54, 1.807) is 42.5 Å². The molecule has 116 valence electrons. The Bertz CT molecular complexity index is 857. The van der Waals surface area contributed by atoms with E-state index < -0.39 is 5.91 Å². The van der Waals surface area contributed by atoms with Gasteiger partial charge in [-0.3, -0.25) is 4.79 Å². The maximum Gasteiger partial charge on any atom is 0.291 e. The van der Waals surface area contributed by atoms with E-state index in [1.807, 2.05) is 12.1 Å². The van der Waals surface area contributed by atoms with Crippen molar-refractivity contribution in [3.63, 3.8) is 0 Å². The molecule has 1 N–H and O–H groups in total. The Morgan fingerprint density at radius 1 is 0.870 bits per heavy atom. The van der Waals surface area contributed by atoms with E-state index >= 15 is 0 Å². The van der Waals surface area contributed by atoms with Gasteiger partial charge in [0.1, 0.15) is 5.76 Å². The first kappa shape index (κ1) is 15.9. The highest BCUT2D eigenvalue weighted by Gasteiger charge is 2.14. The van der Waals surface area contributed by atoms with Crippen LogP contribution in [0.5, 0.6) is 0 Å². The molecule has 0 atom stereocenters. The number of halogens is 3. The van der Waals surface area contributed by atoms with Crippen molar-refractivity contribution in [1.82, 2.24) is 0 Å². The van der Waals surface area contributed by atoms with Crippen LogP contribution in [0.4, 0.5) is 5.69 Å². The highest BCUT2D eigenvalue weighted by atomic mass is 35.5. The molecule has 1 heterocycles. The van der Waals surface area contributed by atoms with E-state index in [9.17, 15) is 4.79 Å². The van der Waals surface area contributed by atoms with Crippen LogP contribution in [-0.2, 0) is 0 Å². The van der Waals surface area contributed by atoms with Gasteiger partial charge in [-0.1, -0.05) is 34.8 Å². The molecule has 0 aliphatic rings.